The first-order valence-electron chi connectivity index (χ1n) is 23.3. The molecular weight excluding hydrogens is 977 g/mol. The summed E-state index contributed by atoms with van der Waals surface area (Å²) in [5, 5.41) is 0. The Kier molecular flexibility index (Phi) is 23.5. The Morgan fingerprint density at radius 1 is 0.371 bits per heavy atom. The lowest BCUT2D eigenvalue weighted by atomic mass is 10.1. The van der Waals surface area contributed by atoms with Gasteiger partial charge in [0.25, 0.3) is 0 Å². The lowest BCUT2D eigenvalue weighted by Crippen LogP contribution is -2.27. The third-order valence-electron chi connectivity index (χ3n) is 11.1. The number of nitrogens with zero attached hydrogens (tertiary/aromatic N) is 4. The fraction of sp³-hybridized carbons (Fsp3) is 0.500. The van der Waals surface area contributed by atoms with Gasteiger partial charge >= 0.3 is 0 Å². The lowest BCUT2D eigenvalue weighted by Gasteiger charge is -2.19. The van der Waals surface area contributed by atoms with E-state index in [-0.39, 0.29) is 11.5 Å². The summed E-state index contributed by atoms with van der Waals surface area (Å²) in [6.45, 7) is 6.88. The van der Waals surface area contributed by atoms with E-state index in [1.165, 1.54) is 0 Å². The SMILES string of the molecule is CN(CCCCN(C)CCCS(=O)(=O)Nc1ccc(CCN(C)CCOc2ccc(NS(C)(=O)=O)cc2)cc1)CCCS(=O)(=O)Nc1ccc(CCN(C)CCOc2ccc(NS(C)(=O)=O)cc2)cc1. The maximum atomic E-state index is 12.8. The second-order valence-corrected chi connectivity index (χ2v) is 25.0. The number of unbranched alkanes of at least 4 members (excludes halogenated alkanes) is 1. The molecule has 0 aliphatic carbocycles. The summed E-state index contributed by atoms with van der Waals surface area (Å²) in [7, 11) is -5.68. The molecule has 4 aromatic rings. The van der Waals surface area contributed by atoms with Gasteiger partial charge in [-0.3, -0.25) is 18.9 Å². The second-order valence-electron chi connectivity index (χ2n) is 17.9. The maximum Gasteiger partial charge on any atom is 0.232 e. The molecule has 0 bridgehead atoms. The number of anilines is 4. The number of hydrogen-bond acceptors (Lipinski definition) is 14. The smallest absolute Gasteiger partial charge is 0.232 e. The summed E-state index contributed by atoms with van der Waals surface area (Å²) in [5.74, 6) is 1.34. The predicted octanol–water partition coefficient (Wildman–Crippen LogP) is 5.14. The monoisotopic (exact) mass is 1050 g/mol. The predicted molar refractivity (Wildman–Crippen MR) is 284 cm³/mol. The molecule has 4 rings (SSSR count). The summed E-state index contributed by atoms with van der Waals surface area (Å²) in [5.41, 5.74) is 4.20. The van der Waals surface area contributed by atoms with E-state index in [1.807, 2.05) is 52.5 Å². The van der Waals surface area contributed by atoms with Crippen LogP contribution < -0.4 is 28.4 Å². The molecule has 0 unspecified atom stereocenters. The highest BCUT2D eigenvalue weighted by molar-refractivity contribution is 7.93. The average Bonchev–Trinajstić information content (AvgIpc) is 3.27. The molecule has 0 aliphatic heterocycles. The minimum Gasteiger partial charge on any atom is -0.492 e. The number of benzene rings is 4. The highest BCUT2D eigenvalue weighted by Gasteiger charge is 2.14. The fourth-order valence-electron chi connectivity index (χ4n) is 7.14. The van der Waals surface area contributed by atoms with E-state index in [2.05, 4.69) is 38.5 Å². The van der Waals surface area contributed by atoms with E-state index in [9.17, 15) is 33.7 Å². The average molecular weight is 1050 g/mol. The van der Waals surface area contributed by atoms with Gasteiger partial charge in [0.05, 0.1) is 24.0 Å². The molecule has 22 heteroatoms. The zero-order valence-electron chi connectivity index (χ0n) is 41.5. The number of sulfonamides is 4. The van der Waals surface area contributed by atoms with E-state index in [1.54, 1.807) is 72.8 Å². The van der Waals surface area contributed by atoms with Crippen LogP contribution in [0.15, 0.2) is 97.1 Å². The van der Waals surface area contributed by atoms with Crippen LogP contribution in [0.25, 0.3) is 0 Å². The standard InChI is InChI=1S/C48H74N8O10S4/c1-53(31-9-39-69(61,62)51-45-15-11-41(12-16-45)27-33-55(3)35-37-65-47-23-19-43(20-24-47)49-67(5,57)58)29-7-8-30-54(2)32-10-40-70(63,64)52-46-17-13-42(14-18-46)28-34-56(4)36-38-66-48-25-21-44(22-26-48)50-68(6,59)60/h11-26,49-52H,7-10,27-40H2,1-6H3. The van der Waals surface area contributed by atoms with Crippen LogP contribution in [0.2, 0.25) is 0 Å². The molecule has 0 heterocycles. The molecule has 4 N–H and O–H groups in total. The van der Waals surface area contributed by atoms with Crippen molar-refractivity contribution in [3.63, 3.8) is 0 Å². The van der Waals surface area contributed by atoms with Gasteiger partial charge in [-0.05, 0) is 177 Å². The number of nitrogens with one attached hydrogen (secondary N) is 4. The van der Waals surface area contributed by atoms with Crippen molar-refractivity contribution in [2.45, 2.75) is 38.5 Å². The summed E-state index contributed by atoms with van der Waals surface area (Å²) in [6.07, 6.45) is 6.67. The first-order valence-corrected chi connectivity index (χ1v) is 30.4. The van der Waals surface area contributed by atoms with Crippen molar-refractivity contribution in [3.8, 4) is 11.5 Å². The van der Waals surface area contributed by atoms with Crippen LogP contribution in [0.5, 0.6) is 11.5 Å². The summed E-state index contributed by atoms with van der Waals surface area (Å²) in [4.78, 5) is 8.57. The van der Waals surface area contributed by atoms with Crippen molar-refractivity contribution in [2.75, 3.05) is 137 Å². The van der Waals surface area contributed by atoms with Crippen molar-refractivity contribution < 1.29 is 43.1 Å². The Labute approximate surface area is 418 Å². The maximum absolute atomic E-state index is 12.8. The summed E-state index contributed by atoms with van der Waals surface area (Å²) >= 11 is 0. The molecule has 0 aliphatic rings. The van der Waals surface area contributed by atoms with Crippen LogP contribution in [0.3, 0.4) is 0 Å². The van der Waals surface area contributed by atoms with Gasteiger partial charge in [-0.15, -0.1) is 0 Å². The highest BCUT2D eigenvalue weighted by Crippen LogP contribution is 2.19. The van der Waals surface area contributed by atoms with Gasteiger partial charge < -0.3 is 29.1 Å². The minimum absolute atomic E-state index is 0.0196. The van der Waals surface area contributed by atoms with Gasteiger partial charge in [0, 0.05) is 48.9 Å². The van der Waals surface area contributed by atoms with Crippen LogP contribution >= 0.6 is 0 Å². The Hall–Kier alpha value is -4.68. The van der Waals surface area contributed by atoms with Crippen LogP contribution in [-0.2, 0) is 52.9 Å². The van der Waals surface area contributed by atoms with Gasteiger partial charge in [0.1, 0.15) is 24.7 Å². The quantitative estimate of drug-likeness (QED) is 0.0439. The van der Waals surface area contributed by atoms with E-state index in [0.717, 1.165) is 75.5 Å². The number of hydrogen-bond donors (Lipinski definition) is 4. The second kappa shape index (κ2) is 28.4. The number of likely N-dealkylation sites (N-methyl/N-ethyl adjacent to an activating group) is 2. The molecule has 0 fully saturated rings. The van der Waals surface area contributed by atoms with Gasteiger partial charge in [0.2, 0.25) is 40.1 Å². The van der Waals surface area contributed by atoms with Gasteiger partial charge in [-0.25, -0.2) is 33.7 Å². The van der Waals surface area contributed by atoms with Crippen molar-refractivity contribution >= 4 is 62.8 Å². The first kappa shape index (κ1) is 57.9. The molecule has 0 radical (unpaired) electrons. The third-order valence-corrected chi connectivity index (χ3v) is 15.0. The van der Waals surface area contributed by atoms with Crippen LogP contribution in [-0.4, -0.2) is 171 Å². The van der Waals surface area contributed by atoms with Crippen LogP contribution in [0.1, 0.15) is 36.8 Å². The van der Waals surface area contributed by atoms with E-state index < -0.39 is 40.1 Å². The normalized spacial score (nSPS) is 12.4. The number of ether oxygens (including phenoxy) is 2. The lowest BCUT2D eigenvalue weighted by molar-refractivity contribution is 0.239. The molecule has 4 aromatic carbocycles. The molecule has 0 atom stereocenters. The van der Waals surface area contributed by atoms with Crippen LogP contribution in [0.4, 0.5) is 22.7 Å². The molecule has 18 nitrogen and oxygen atoms in total. The van der Waals surface area contributed by atoms with Crippen LogP contribution in [0, 0.1) is 0 Å². The van der Waals surface area contributed by atoms with E-state index in [0.29, 0.717) is 86.5 Å². The first-order chi connectivity index (χ1) is 33.0. The van der Waals surface area contributed by atoms with Gasteiger partial charge in [-0.2, -0.15) is 0 Å². The van der Waals surface area contributed by atoms with Crippen molar-refractivity contribution in [1.82, 2.24) is 19.6 Å². The van der Waals surface area contributed by atoms with Crippen molar-refractivity contribution in [1.29, 1.82) is 0 Å². The molecular formula is C48H74N8O10S4. The Morgan fingerprint density at radius 3 is 0.986 bits per heavy atom. The molecule has 390 valence electrons. The Balaban J connectivity index is 0.996. The zero-order valence-corrected chi connectivity index (χ0v) is 44.7. The van der Waals surface area contributed by atoms with Gasteiger partial charge in [0.15, 0.2) is 0 Å². The van der Waals surface area contributed by atoms with E-state index >= 15 is 0 Å². The molecule has 0 saturated heterocycles. The third kappa shape index (κ3) is 25.4. The minimum atomic E-state index is -3.50. The molecule has 0 amide bonds. The Bertz CT molecular complexity index is 2430. The molecule has 0 spiro atoms. The molecule has 0 saturated carbocycles. The molecule has 0 aromatic heterocycles. The summed E-state index contributed by atoms with van der Waals surface area (Å²) < 4.78 is 119. The van der Waals surface area contributed by atoms with Crippen molar-refractivity contribution in [3.05, 3.63) is 108 Å². The topological polar surface area (TPSA) is 216 Å². The van der Waals surface area contributed by atoms with E-state index in [4.69, 9.17) is 9.47 Å². The number of rotatable bonds is 35. The molecule has 70 heavy (non-hydrogen) atoms. The Morgan fingerprint density at radius 2 is 0.657 bits per heavy atom. The summed E-state index contributed by atoms with van der Waals surface area (Å²) in [6, 6.07) is 28.4. The zero-order chi connectivity index (χ0) is 51.2. The van der Waals surface area contributed by atoms with Crippen molar-refractivity contribution in [2.24, 2.45) is 0 Å². The highest BCUT2D eigenvalue weighted by atomic mass is 32.2. The fourth-order valence-corrected chi connectivity index (χ4v) is 10.5. The largest absolute Gasteiger partial charge is 0.492 e. The van der Waals surface area contributed by atoms with Gasteiger partial charge in [-0.1, -0.05) is 24.3 Å².